The van der Waals surface area contributed by atoms with Crippen LogP contribution in [0.3, 0.4) is 0 Å². The summed E-state index contributed by atoms with van der Waals surface area (Å²) < 4.78 is 0. The predicted molar refractivity (Wildman–Crippen MR) is 57.6 cm³/mol. The van der Waals surface area contributed by atoms with E-state index in [0.717, 1.165) is 11.8 Å². The number of hydrogen-bond acceptors (Lipinski definition) is 2. The van der Waals surface area contributed by atoms with Crippen molar-refractivity contribution in [2.24, 2.45) is 11.7 Å². The zero-order chi connectivity index (χ0) is 11.0. The van der Waals surface area contributed by atoms with E-state index in [0.29, 0.717) is 10.6 Å². The van der Waals surface area contributed by atoms with Crippen LogP contribution in [0.4, 0.5) is 0 Å². The minimum absolute atomic E-state index is 0.105. The number of hydrogen-bond donors (Lipinski definition) is 2. The number of nitrogens with two attached hydrogens (primary N) is 1. The van der Waals surface area contributed by atoms with Crippen molar-refractivity contribution < 1.29 is 9.90 Å². The van der Waals surface area contributed by atoms with E-state index in [2.05, 4.69) is 0 Å². The van der Waals surface area contributed by atoms with Gasteiger partial charge in [0.1, 0.15) is 0 Å². The average Bonchev–Trinajstić information content (AvgIpc) is 2.91. The van der Waals surface area contributed by atoms with Gasteiger partial charge in [0.15, 0.2) is 0 Å². The first-order valence-corrected chi connectivity index (χ1v) is 4.92. The monoisotopic (exact) mass is 223 g/mol. The van der Waals surface area contributed by atoms with Gasteiger partial charge in [-0.3, -0.25) is 4.79 Å². The van der Waals surface area contributed by atoms with Crippen LogP contribution in [-0.4, -0.2) is 11.0 Å². The highest BCUT2D eigenvalue weighted by molar-refractivity contribution is 6.30. The molecule has 1 aromatic rings. The number of carbonyl (C=O) groups is 1. The topological polar surface area (TPSA) is 63.3 Å². The van der Waals surface area contributed by atoms with Crippen molar-refractivity contribution >= 4 is 17.5 Å². The van der Waals surface area contributed by atoms with Crippen LogP contribution in [-0.2, 0) is 4.79 Å². The van der Waals surface area contributed by atoms with E-state index < -0.39 is 5.91 Å². The van der Waals surface area contributed by atoms with E-state index >= 15 is 0 Å². The van der Waals surface area contributed by atoms with Crippen molar-refractivity contribution in [1.82, 2.24) is 0 Å². The van der Waals surface area contributed by atoms with E-state index in [1.54, 1.807) is 12.1 Å². The third kappa shape index (κ3) is 1.70. The summed E-state index contributed by atoms with van der Waals surface area (Å²) in [5, 5.41) is 9.53. The molecule has 1 aliphatic carbocycles. The molecule has 15 heavy (non-hydrogen) atoms. The standard InChI is InChI=1S/C11H10ClNO2/c12-7-3-1-2-6(4-7)9-8(5-14)10(9)11(13)15/h1-5,9-10,14H,(H2,13,15)/b8-5+/t9-,10-/m0/s1. The van der Waals surface area contributed by atoms with Crippen molar-refractivity contribution in [3.05, 3.63) is 46.7 Å². The van der Waals surface area contributed by atoms with Gasteiger partial charge in [0.05, 0.1) is 12.2 Å². The Balaban J connectivity index is 2.31. The molecule has 1 saturated carbocycles. The Kier molecular flexibility index (Phi) is 2.40. The number of amides is 1. The number of halogens is 1. The largest absolute Gasteiger partial charge is 0.516 e. The molecule has 0 radical (unpaired) electrons. The molecule has 3 nitrogen and oxygen atoms in total. The van der Waals surface area contributed by atoms with Gasteiger partial charge in [-0.2, -0.15) is 0 Å². The summed E-state index contributed by atoms with van der Waals surface area (Å²) in [4.78, 5) is 11.0. The number of benzene rings is 1. The van der Waals surface area contributed by atoms with E-state index in [4.69, 9.17) is 22.4 Å². The van der Waals surface area contributed by atoms with E-state index in [1.807, 2.05) is 12.1 Å². The van der Waals surface area contributed by atoms with Crippen LogP contribution in [0.25, 0.3) is 0 Å². The minimum Gasteiger partial charge on any atom is -0.516 e. The number of rotatable bonds is 2. The van der Waals surface area contributed by atoms with Gasteiger partial charge < -0.3 is 10.8 Å². The highest BCUT2D eigenvalue weighted by Crippen LogP contribution is 2.53. The third-order valence-corrected chi connectivity index (χ3v) is 2.84. The molecule has 0 aromatic heterocycles. The highest BCUT2D eigenvalue weighted by Gasteiger charge is 2.49. The highest BCUT2D eigenvalue weighted by atomic mass is 35.5. The summed E-state index contributed by atoms with van der Waals surface area (Å²) in [5.41, 5.74) is 6.77. The Hall–Kier alpha value is -1.48. The van der Waals surface area contributed by atoms with E-state index in [1.165, 1.54) is 0 Å². The lowest BCUT2D eigenvalue weighted by atomic mass is 10.1. The molecule has 1 aliphatic rings. The summed E-state index contributed by atoms with van der Waals surface area (Å²) >= 11 is 5.84. The van der Waals surface area contributed by atoms with Gasteiger partial charge >= 0.3 is 0 Å². The number of aliphatic hydroxyl groups is 1. The molecule has 0 aliphatic heterocycles. The molecule has 1 fully saturated rings. The summed E-state index contributed by atoms with van der Waals surface area (Å²) in [6.45, 7) is 0. The fraction of sp³-hybridized carbons (Fsp3) is 0.182. The van der Waals surface area contributed by atoms with Crippen molar-refractivity contribution in [2.45, 2.75) is 5.92 Å². The van der Waals surface area contributed by atoms with E-state index in [9.17, 15) is 4.79 Å². The van der Waals surface area contributed by atoms with Crippen LogP contribution in [0, 0.1) is 5.92 Å². The summed E-state index contributed by atoms with van der Waals surface area (Å²) in [5.74, 6) is -0.903. The Bertz CT molecular complexity index is 442. The Morgan fingerprint density at radius 1 is 1.53 bits per heavy atom. The third-order valence-electron chi connectivity index (χ3n) is 2.61. The van der Waals surface area contributed by atoms with Crippen molar-refractivity contribution in [3.8, 4) is 0 Å². The van der Waals surface area contributed by atoms with Crippen LogP contribution in [0.2, 0.25) is 5.02 Å². The number of carbonyl (C=O) groups excluding carboxylic acids is 1. The van der Waals surface area contributed by atoms with Gasteiger partial charge in [0, 0.05) is 10.9 Å². The van der Waals surface area contributed by atoms with Gasteiger partial charge in [-0.15, -0.1) is 0 Å². The zero-order valence-electron chi connectivity index (χ0n) is 7.85. The lowest BCUT2D eigenvalue weighted by Gasteiger charge is -1.97. The molecular weight excluding hydrogens is 214 g/mol. The Labute approximate surface area is 92.2 Å². The smallest absolute Gasteiger partial charge is 0.225 e. The van der Waals surface area contributed by atoms with Crippen molar-refractivity contribution in [2.75, 3.05) is 0 Å². The Morgan fingerprint density at radius 2 is 2.27 bits per heavy atom. The second-order valence-electron chi connectivity index (χ2n) is 3.54. The van der Waals surface area contributed by atoms with Crippen LogP contribution in [0.1, 0.15) is 11.5 Å². The predicted octanol–water partition coefficient (Wildman–Crippen LogP) is 1.98. The number of aliphatic hydroxyl groups excluding tert-OH is 1. The molecule has 4 heteroatoms. The van der Waals surface area contributed by atoms with Crippen molar-refractivity contribution in [1.29, 1.82) is 0 Å². The second-order valence-corrected chi connectivity index (χ2v) is 3.98. The SMILES string of the molecule is NC(=O)[C@H]1/C(=C/O)[C@@H]1c1cccc(Cl)c1. The molecule has 78 valence electrons. The molecule has 0 spiro atoms. The zero-order valence-corrected chi connectivity index (χ0v) is 8.61. The Morgan fingerprint density at radius 3 is 2.73 bits per heavy atom. The fourth-order valence-electron chi connectivity index (χ4n) is 1.86. The van der Waals surface area contributed by atoms with Gasteiger partial charge in [-0.1, -0.05) is 23.7 Å². The average molecular weight is 224 g/mol. The van der Waals surface area contributed by atoms with Crippen LogP contribution >= 0.6 is 11.6 Å². The molecule has 3 N–H and O–H groups in total. The number of primary amides is 1. The first-order chi connectivity index (χ1) is 7.15. The van der Waals surface area contributed by atoms with Gasteiger partial charge in [0.25, 0.3) is 0 Å². The first-order valence-electron chi connectivity index (χ1n) is 4.54. The fourth-order valence-corrected chi connectivity index (χ4v) is 2.06. The summed E-state index contributed by atoms with van der Waals surface area (Å²) in [7, 11) is 0. The quantitative estimate of drug-likeness (QED) is 0.753. The molecule has 2 rings (SSSR count). The summed E-state index contributed by atoms with van der Waals surface area (Å²) in [6.07, 6.45) is 0.959. The molecule has 1 amide bonds. The maximum atomic E-state index is 11.0. The van der Waals surface area contributed by atoms with Crippen LogP contribution < -0.4 is 5.73 Å². The second kappa shape index (κ2) is 3.59. The maximum Gasteiger partial charge on any atom is 0.225 e. The molecule has 2 atom stereocenters. The normalized spacial score (nSPS) is 26.6. The van der Waals surface area contributed by atoms with Crippen molar-refractivity contribution in [3.63, 3.8) is 0 Å². The molecule has 0 bridgehead atoms. The molecule has 0 unspecified atom stereocenters. The molecule has 1 aromatic carbocycles. The lowest BCUT2D eigenvalue weighted by Crippen LogP contribution is -2.13. The minimum atomic E-state index is -0.416. The first kappa shape index (κ1) is 10.1. The van der Waals surface area contributed by atoms with Gasteiger partial charge in [-0.05, 0) is 23.3 Å². The van der Waals surface area contributed by atoms with Crippen LogP contribution in [0.15, 0.2) is 36.1 Å². The molecule has 0 saturated heterocycles. The summed E-state index contributed by atoms with van der Waals surface area (Å²) in [6, 6.07) is 7.21. The van der Waals surface area contributed by atoms with Gasteiger partial charge in [-0.25, -0.2) is 0 Å². The van der Waals surface area contributed by atoms with Crippen LogP contribution in [0.5, 0.6) is 0 Å². The lowest BCUT2D eigenvalue weighted by molar-refractivity contribution is -0.119. The molecular formula is C11H10ClNO2. The van der Waals surface area contributed by atoms with Gasteiger partial charge in [0.2, 0.25) is 5.91 Å². The molecule has 0 heterocycles. The maximum absolute atomic E-state index is 11.0. The van der Waals surface area contributed by atoms with E-state index in [-0.39, 0.29) is 11.8 Å².